The van der Waals surface area contributed by atoms with Gasteiger partial charge in [-0.1, -0.05) is 0 Å². The average molecular weight is 272 g/mol. The van der Waals surface area contributed by atoms with Crippen LogP contribution in [-0.4, -0.2) is 35.6 Å². The van der Waals surface area contributed by atoms with Crippen LogP contribution >= 0.6 is 0 Å². The van der Waals surface area contributed by atoms with Crippen molar-refractivity contribution >= 4 is 5.82 Å². The normalized spacial score (nSPS) is 23.1. The number of fused-ring (bicyclic) bond motifs is 1. The fraction of sp³-hybridized carbons (Fsp3) is 0.750. The van der Waals surface area contributed by atoms with E-state index in [2.05, 4.69) is 20.2 Å². The summed E-state index contributed by atoms with van der Waals surface area (Å²) in [6.07, 6.45) is 10.7. The van der Waals surface area contributed by atoms with Gasteiger partial charge >= 0.3 is 0 Å². The molecule has 1 aliphatic heterocycles. The van der Waals surface area contributed by atoms with E-state index in [4.69, 9.17) is 0 Å². The molecular weight excluding hydrogens is 248 g/mol. The molecule has 1 saturated carbocycles. The molecule has 108 valence electrons. The number of hydrogen-bond donors (Lipinski definition) is 1. The van der Waals surface area contributed by atoms with Crippen LogP contribution in [0.25, 0.3) is 0 Å². The van der Waals surface area contributed by atoms with Crippen molar-refractivity contribution in [1.82, 2.24) is 15.3 Å². The fourth-order valence-electron chi connectivity index (χ4n) is 3.58. The maximum Gasteiger partial charge on any atom is 0.135 e. The summed E-state index contributed by atoms with van der Waals surface area (Å²) in [4.78, 5) is 11.5. The third-order valence-corrected chi connectivity index (χ3v) is 5.04. The highest BCUT2D eigenvalue weighted by Gasteiger charge is 2.27. The van der Waals surface area contributed by atoms with E-state index in [9.17, 15) is 0 Å². The molecule has 0 unspecified atom stereocenters. The Morgan fingerprint density at radius 1 is 1.10 bits per heavy atom. The maximum atomic E-state index is 4.58. The van der Waals surface area contributed by atoms with Gasteiger partial charge in [0.25, 0.3) is 0 Å². The van der Waals surface area contributed by atoms with Gasteiger partial charge in [0.2, 0.25) is 0 Å². The zero-order chi connectivity index (χ0) is 13.4. The highest BCUT2D eigenvalue weighted by atomic mass is 15.2. The molecule has 0 amide bonds. The Labute approximate surface area is 121 Å². The van der Waals surface area contributed by atoms with Crippen LogP contribution in [0.15, 0.2) is 6.33 Å². The van der Waals surface area contributed by atoms with E-state index >= 15 is 0 Å². The standard InChI is InChI=1S/C16H24N4/c1-2-14-15(3-1)18-11-19-16(14)20-8-6-12(7-9-20)10-17-13-4-5-13/h11-13,17H,1-10H2. The van der Waals surface area contributed by atoms with Gasteiger partial charge in [0.05, 0.1) is 0 Å². The Hall–Kier alpha value is -1.16. The van der Waals surface area contributed by atoms with Gasteiger partial charge in [-0.25, -0.2) is 9.97 Å². The molecule has 4 heteroatoms. The zero-order valence-corrected chi connectivity index (χ0v) is 12.1. The Bertz CT molecular complexity index is 475. The summed E-state index contributed by atoms with van der Waals surface area (Å²) in [7, 11) is 0. The van der Waals surface area contributed by atoms with Gasteiger partial charge in [-0.3, -0.25) is 0 Å². The third-order valence-electron chi connectivity index (χ3n) is 5.04. The monoisotopic (exact) mass is 272 g/mol. The molecule has 3 aliphatic rings. The van der Waals surface area contributed by atoms with Crippen LogP contribution < -0.4 is 10.2 Å². The number of nitrogens with one attached hydrogen (secondary N) is 1. The molecule has 4 nitrogen and oxygen atoms in total. The minimum atomic E-state index is 0.846. The molecule has 0 radical (unpaired) electrons. The minimum Gasteiger partial charge on any atom is -0.356 e. The van der Waals surface area contributed by atoms with E-state index in [0.717, 1.165) is 18.4 Å². The Morgan fingerprint density at radius 2 is 1.95 bits per heavy atom. The summed E-state index contributed by atoms with van der Waals surface area (Å²) in [5, 5.41) is 3.68. The SMILES string of the molecule is c1nc2c(c(N3CCC(CNC4CC4)CC3)n1)CCC2. The van der Waals surface area contributed by atoms with Crippen LogP contribution in [0.4, 0.5) is 5.82 Å². The first-order valence-electron chi connectivity index (χ1n) is 8.21. The predicted molar refractivity (Wildman–Crippen MR) is 80.0 cm³/mol. The van der Waals surface area contributed by atoms with Crippen molar-refractivity contribution in [1.29, 1.82) is 0 Å². The number of anilines is 1. The first kappa shape index (κ1) is 12.6. The first-order chi connectivity index (χ1) is 9.90. The van der Waals surface area contributed by atoms with Crippen molar-refractivity contribution in [3.05, 3.63) is 17.6 Å². The first-order valence-corrected chi connectivity index (χ1v) is 8.21. The number of hydrogen-bond acceptors (Lipinski definition) is 4. The average Bonchev–Trinajstić information content (AvgIpc) is 3.20. The lowest BCUT2D eigenvalue weighted by Crippen LogP contribution is -2.38. The smallest absolute Gasteiger partial charge is 0.135 e. The number of rotatable bonds is 4. The van der Waals surface area contributed by atoms with Crippen LogP contribution in [0.2, 0.25) is 0 Å². The molecule has 20 heavy (non-hydrogen) atoms. The van der Waals surface area contributed by atoms with Crippen LogP contribution in [0.5, 0.6) is 0 Å². The van der Waals surface area contributed by atoms with Crippen molar-refractivity contribution in [2.24, 2.45) is 5.92 Å². The zero-order valence-electron chi connectivity index (χ0n) is 12.1. The summed E-state index contributed by atoms with van der Waals surface area (Å²) in [5.41, 5.74) is 2.73. The number of nitrogens with zero attached hydrogens (tertiary/aromatic N) is 3. The lowest BCUT2D eigenvalue weighted by Gasteiger charge is -2.33. The highest BCUT2D eigenvalue weighted by molar-refractivity contribution is 5.50. The molecule has 1 aromatic rings. The van der Waals surface area contributed by atoms with Crippen LogP contribution in [-0.2, 0) is 12.8 Å². The summed E-state index contributed by atoms with van der Waals surface area (Å²) >= 11 is 0. The summed E-state index contributed by atoms with van der Waals surface area (Å²) in [5.74, 6) is 2.10. The van der Waals surface area contributed by atoms with Crippen molar-refractivity contribution in [3.8, 4) is 0 Å². The number of piperidine rings is 1. The second-order valence-electron chi connectivity index (χ2n) is 6.59. The van der Waals surface area contributed by atoms with E-state index in [0.29, 0.717) is 0 Å². The maximum absolute atomic E-state index is 4.58. The molecular formula is C16H24N4. The van der Waals surface area contributed by atoms with Gasteiger partial charge < -0.3 is 10.2 Å². The van der Waals surface area contributed by atoms with E-state index in [1.54, 1.807) is 6.33 Å². The topological polar surface area (TPSA) is 41.1 Å². The lowest BCUT2D eigenvalue weighted by atomic mass is 9.96. The van der Waals surface area contributed by atoms with Gasteiger partial charge in [-0.2, -0.15) is 0 Å². The minimum absolute atomic E-state index is 0.846. The van der Waals surface area contributed by atoms with Gasteiger partial charge in [-0.05, 0) is 57.4 Å². The molecule has 2 heterocycles. The number of aromatic nitrogens is 2. The highest BCUT2D eigenvalue weighted by Crippen LogP contribution is 2.30. The molecule has 2 aliphatic carbocycles. The second-order valence-corrected chi connectivity index (χ2v) is 6.59. The van der Waals surface area contributed by atoms with Gasteiger partial charge in [0.1, 0.15) is 12.1 Å². The van der Waals surface area contributed by atoms with E-state index < -0.39 is 0 Å². The lowest BCUT2D eigenvalue weighted by molar-refractivity contribution is 0.380. The van der Waals surface area contributed by atoms with Crippen LogP contribution in [0.1, 0.15) is 43.4 Å². The second kappa shape index (κ2) is 5.32. The van der Waals surface area contributed by atoms with Crippen molar-refractivity contribution in [2.45, 2.75) is 51.0 Å². The Morgan fingerprint density at radius 3 is 2.75 bits per heavy atom. The molecule has 1 N–H and O–H groups in total. The summed E-state index contributed by atoms with van der Waals surface area (Å²) < 4.78 is 0. The van der Waals surface area contributed by atoms with E-state index in [1.807, 2.05) is 0 Å². The molecule has 0 bridgehead atoms. The third kappa shape index (κ3) is 2.53. The largest absolute Gasteiger partial charge is 0.356 e. The van der Waals surface area contributed by atoms with Gasteiger partial charge in [0, 0.05) is 30.4 Å². The van der Waals surface area contributed by atoms with Crippen LogP contribution in [0.3, 0.4) is 0 Å². The van der Waals surface area contributed by atoms with Gasteiger partial charge in [0.15, 0.2) is 0 Å². The summed E-state index contributed by atoms with van der Waals surface area (Å²) in [6, 6.07) is 0.846. The van der Waals surface area contributed by atoms with Gasteiger partial charge in [-0.15, -0.1) is 0 Å². The Balaban J connectivity index is 1.37. The van der Waals surface area contributed by atoms with Crippen LogP contribution in [0, 0.1) is 5.92 Å². The van der Waals surface area contributed by atoms with E-state index in [-0.39, 0.29) is 0 Å². The van der Waals surface area contributed by atoms with E-state index in [1.165, 1.54) is 75.2 Å². The van der Waals surface area contributed by atoms with Crippen molar-refractivity contribution < 1.29 is 0 Å². The fourth-order valence-corrected chi connectivity index (χ4v) is 3.58. The molecule has 4 rings (SSSR count). The quantitative estimate of drug-likeness (QED) is 0.909. The molecule has 0 aromatic carbocycles. The molecule has 2 fully saturated rings. The molecule has 1 aromatic heterocycles. The number of aryl methyl sites for hydroxylation is 1. The van der Waals surface area contributed by atoms with Crippen molar-refractivity contribution in [3.63, 3.8) is 0 Å². The molecule has 0 atom stereocenters. The molecule has 0 spiro atoms. The Kier molecular flexibility index (Phi) is 3.34. The predicted octanol–water partition coefficient (Wildman–Crippen LogP) is 1.93. The van der Waals surface area contributed by atoms with Crippen molar-refractivity contribution in [2.75, 3.05) is 24.5 Å². The summed E-state index contributed by atoms with van der Waals surface area (Å²) in [6.45, 7) is 3.56. The molecule has 1 saturated heterocycles.